The Morgan fingerprint density at radius 1 is 1.10 bits per heavy atom. The quantitative estimate of drug-likeness (QED) is 0.488. The van der Waals surface area contributed by atoms with Gasteiger partial charge < -0.3 is 5.32 Å². The van der Waals surface area contributed by atoms with Gasteiger partial charge in [-0.05, 0) is 17.5 Å². The average Bonchev–Trinajstić information content (AvgIpc) is 2.49. The van der Waals surface area contributed by atoms with Gasteiger partial charge in [-0.15, -0.1) is 11.6 Å². The van der Waals surface area contributed by atoms with Crippen LogP contribution in [0.5, 0.6) is 0 Å². The highest BCUT2D eigenvalue weighted by Gasteiger charge is 2.02. The first-order chi connectivity index (χ1) is 9.76. The molecule has 1 aromatic carbocycles. The Balaban J connectivity index is 2.13. The Kier molecular flexibility index (Phi) is 9.14. The molecule has 3 heteroatoms. The Bertz CT molecular complexity index is 392. The summed E-state index contributed by atoms with van der Waals surface area (Å²) in [7, 11) is 0. The number of carbonyl (C=O) groups excluding carboxylic acids is 1. The van der Waals surface area contributed by atoms with Crippen LogP contribution in [0.15, 0.2) is 24.3 Å². The summed E-state index contributed by atoms with van der Waals surface area (Å²) >= 11 is 5.79. The van der Waals surface area contributed by atoms with Gasteiger partial charge in [0.05, 0.1) is 0 Å². The van der Waals surface area contributed by atoms with E-state index in [0.717, 1.165) is 24.0 Å². The highest BCUT2D eigenvalue weighted by atomic mass is 35.5. The molecule has 0 radical (unpaired) electrons. The first kappa shape index (κ1) is 17.0. The van der Waals surface area contributed by atoms with E-state index in [2.05, 4.69) is 12.2 Å². The predicted molar refractivity (Wildman–Crippen MR) is 85.8 cm³/mol. The van der Waals surface area contributed by atoms with Crippen molar-refractivity contribution in [1.29, 1.82) is 0 Å². The zero-order chi connectivity index (χ0) is 14.6. The monoisotopic (exact) mass is 295 g/mol. The molecule has 0 atom stereocenters. The van der Waals surface area contributed by atoms with Gasteiger partial charge in [0.25, 0.3) is 0 Å². The summed E-state index contributed by atoms with van der Waals surface area (Å²) < 4.78 is 0. The molecule has 1 N–H and O–H groups in total. The van der Waals surface area contributed by atoms with E-state index < -0.39 is 0 Å². The minimum atomic E-state index is 0.150. The molecule has 0 bridgehead atoms. The zero-order valence-corrected chi connectivity index (χ0v) is 13.2. The van der Waals surface area contributed by atoms with Crippen molar-refractivity contribution >= 4 is 17.5 Å². The largest absolute Gasteiger partial charge is 0.352 e. The topological polar surface area (TPSA) is 29.1 Å². The molecule has 0 aliphatic rings. The molecule has 20 heavy (non-hydrogen) atoms. The lowest BCUT2D eigenvalue weighted by molar-refractivity contribution is -0.121. The van der Waals surface area contributed by atoms with Gasteiger partial charge in [0.1, 0.15) is 0 Å². The second kappa shape index (κ2) is 10.7. The maximum absolute atomic E-state index is 11.7. The molecule has 0 aromatic heterocycles. The van der Waals surface area contributed by atoms with Gasteiger partial charge in [-0.25, -0.2) is 0 Å². The van der Waals surface area contributed by atoms with Crippen LogP contribution in [-0.4, -0.2) is 5.91 Å². The van der Waals surface area contributed by atoms with Crippen LogP contribution in [-0.2, 0) is 17.2 Å². The predicted octanol–water partition coefficient (Wildman–Crippen LogP) is 4.79. The van der Waals surface area contributed by atoms with Gasteiger partial charge in [-0.1, -0.05) is 63.3 Å². The molecule has 112 valence electrons. The molecule has 0 fully saturated rings. The summed E-state index contributed by atoms with van der Waals surface area (Å²) in [5, 5.41) is 2.97. The van der Waals surface area contributed by atoms with Crippen LogP contribution in [0.2, 0.25) is 0 Å². The van der Waals surface area contributed by atoms with E-state index in [9.17, 15) is 4.79 Å². The fraction of sp³-hybridized carbons (Fsp3) is 0.588. The van der Waals surface area contributed by atoms with E-state index >= 15 is 0 Å². The van der Waals surface area contributed by atoms with E-state index in [4.69, 9.17) is 11.6 Å². The summed E-state index contributed by atoms with van der Waals surface area (Å²) in [6.45, 7) is 2.81. The van der Waals surface area contributed by atoms with Gasteiger partial charge in [-0.2, -0.15) is 0 Å². The van der Waals surface area contributed by atoms with Gasteiger partial charge in [-0.3, -0.25) is 4.79 Å². The summed E-state index contributed by atoms with van der Waals surface area (Å²) in [5.41, 5.74) is 2.20. The molecule has 1 aromatic rings. The molecule has 1 rings (SSSR count). The van der Waals surface area contributed by atoms with E-state index in [1.54, 1.807) is 0 Å². The summed E-state index contributed by atoms with van der Waals surface area (Å²) in [6, 6.07) is 8.03. The molecular formula is C17H26ClNO. The molecule has 0 heterocycles. The fourth-order valence-electron chi connectivity index (χ4n) is 2.18. The summed E-state index contributed by atoms with van der Waals surface area (Å²) in [4.78, 5) is 11.7. The molecule has 0 aliphatic heterocycles. The van der Waals surface area contributed by atoms with Crippen LogP contribution < -0.4 is 5.32 Å². The number of hydrogen-bond donors (Lipinski definition) is 1. The number of benzene rings is 1. The van der Waals surface area contributed by atoms with Crippen molar-refractivity contribution < 1.29 is 4.79 Å². The fourth-order valence-corrected chi connectivity index (χ4v) is 2.34. The second-order valence-electron chi connectivity index (χ2n) is 5.25. The first-order valence-corrected chi connectivity index (χ1v) is 8.20. The minimum absolute atomic E-state index is 0.150. The van der Waals surface area contributed by atoms with Crippen LogP contribution >= 0.6 is 11.6 Å². The van der Waals surface area contributed by atoms with Gasteiger partial charge in [0, 0.05) is 18.8 Å². The minimum Gasteiger partial charge on any atom is -0.352 e. The van der Waals surface area contributed by atoms with Crippen LogP contribution in [0.3, 0.4) is 0 Å². The molecular weight excluding hydrogens is 270 g/mol. The number of nitrogens with one attached hydrogen (secondary N) is 1. The molecule has 0 aliphatic carbocycles. The third kappa shape index (κ3) is 7.54. The van der Waals surface area contributed by atoms with E-state index in [1.807, 2.05) is 24.3 Å². The molecule has 0 unspecified atom stereocenters. The molecule has 0 saturated heterocycles. The van der Waals surface area contributed by atoms with Gasteiger partial charge in [0.15, 0.2) is 0 Å². The van der Waals surface area contributed by atoms with Gasteiger partial charge >= 0.3 is 0 Å². The van der Waals surface area contributed by atoms with E-state index in [0.29, 0.717) is 18.8 Å². The van der Waals surface area contributed by atoms with Crippen molar-refractivity contribution in [3.63, 3.8) is 0 Å². The lowest BCUT2D eigenvalue weighted by Crippen LogP contribution is -2.22. The number of alkyl halides is 1. The van der Waals surface area contributed by atoms with Crippen LogP contribution in [0.1, 0.15) is 63.0 Å². The number of unbranched alkanes of at least 4 members (excludes halogenated alkanes) is 5. The van der Waals surface area contributed by atoms with Crippen molar-refractivity contribution in [1.82, 2.24) is 5.32 Å². The molecule has 0 saturated carbocycles. The second-order valence-corrected chi connectivity index (χ2v) is 5.52. The van der Waals surface area contributed by atoms with Crippen molar-refractivity contribution in [2.45, 2.75) is 64.3 Å². The van der Waals surface area contributed by atoms with E-state index in [-0.39, 0.29) is 5.91 Å². The highest BCUT2D eigenvalue weighted by Crippen LogP contribution is 2.09. The molecule has 2 nitrogen and oxygen atoms in total. The Morgan fingerprint density at radius 2 is 1.80 bits per heavy atom. The van der Waals surface area contributed by atoms with Crippen molar-refractivity contribution in [2.75, 3.05) is 0 Å². The average molecular weight is 296 g/mol. The standard InChI is InChI=1S/C17H26ClNO/c1-2-3-4-5-6-7-11-17(20)19-14-16-10-8-9-15(12-16)13-18/h8-10,12H,2-7,11,13-14H2,1H3,(H,19,20). The van der Waals surface area contributed by atoms with Crippen LogP contribution in [0.25, 0.3) is 0 Å². The van der Waals surface area contributed by atoms with Crippen LogP contribution in [0.4, 0.5) is 0 Å². The Labute approximate surface area is 127 Å². The maximum Gasteiger partial charge on any atom is 0.220 e. The van der Waals surface area contributed by atoms with E-state index in [1.165, 1.54) is 25.7 Å². The number of rotatable bonds is 10. The zero-order valence-electron chi connectivity index (χ0n) is 12.5. The highest BCUT2D eigenvalue weighted by molar-refractivity contribution is 6.17. The van der Waals surface area contributed by atoms with Crippen molar-refractivity contribution in [3.8, 4) is 0 Å². The van der Waals surface area contributed by atoms with Gasteiger partial charge in [0.2, 0.25) is 5.91 Å². The third-order valence-corrected chi connectivity index (χ3v) is 3.70. The first-order valence-electron chi connectivity index (χ1n) is 7.66. The molecule has 0 spiro atoms. The third-order valence-electron chi connectivity index (χ3n) is 3.39. The number of amides is 1. The number of halogens is 1. The SMILES string of the molecule is CCCCCCCCC(=O)NCc1cccc(CCl)c1. The Hall–Kier alpha value is -1.02. The molecule has 1 amide bonds. The van der Waals surface area contributed by atoms with Crippen LogP contribution in [0, 0.1) is 0 Å². The maximum atomic E-state index is 11.7. The van der Waals surface area contributed by atoms with Crippen molar-refractivity contribution in [3.05, 3.63) is 35.4 Å². The number of hydrogen-bond acceptors (Lipinski definition) is 1. The smallest absolute Gasteiger partial charge is 0.220 e. The van der Waals surface area contributed by atoms with Crippen molar-refractivity contribution in [2.24, 2.45) is 0 Å². The lowest BCUT2D eigenvalue weighted by Gasteiger charge is -2.06. The summed E-state index contributed by atoms with van der Waals surface area (Å²) in [6.07, 6.45) is 7.92. The number of carbonyl (C=O) groups is 1. The lowest BCUT2D eigenvalue weighted by atomic mass is 10.1. The summed E-state index contributed by atoms with van der Waals surface area (Å²) in [5.74, 6) is 0.663. The normalized spacial score (nSPS) is 10.5. The Morgan fingerprint density at radius 3 is 2.55 bits per heavy atom.